The zero-order valence-corrected chi connectivity index (χ0v) is 13.6. The van der Waals surface area contributed by atoms with Gasteiger partial charge >= 0.3 is 12.1 Å². The number of nitrogens with zero attached hydrogens (tertiary/aromatic N) is 3. The van der Waals surface area contributed by atoms with Gasteiger partial charge in [-0.1, -0.05) is 37.3 Å². The number of carbonyl (C=O) groups is 2. The molecule has 1 unspecified atom stereocenters. The summed E-state index contributed by atoms with van der Waals surface area (Å²) in [6, 6.07) is 9.40. The smallest absolute Gasteiger partial charge is 0.410 e. The molecule has 1 amide bonds. The van der Waals surface area contributed by atoms with Crippen LogP contribution >= 0.6 is 0 Å². The molecule has 1 atom stereocenters. The number of amides is 1. The molecular formula is C16H20N4O4. The van der Waals surface area contributed by atoms with Gasteiger partial charge in [0.15, 0.2) is 5.69 Å². The minimum atomic E-state index is -1.15. The van der Waals surface area contributed by atoms with Gasteiger partial charge in [0.1, 0.15) is 12.3 Å². The number of carboxylic acid groups (broad SMARTS) is 1. The molecule has 0 radical (unpaired) electrons. The van der Waals surface area contributed by atoms with E-state index in [0.717, 1.165) is 5.56 Å². The molecule has 0 bridgehead atoms. The Morgan fingerprint density at radius 2 is 2.00 bits per heavy atom. The van der Waals surface area contributed by atoms with Crippen LogP contribution in [0, 0.1) is 0 Å². The van der Waals surface area contributed by atoms with Crippen molar-refractivity contribution in [1.82, 2.24) is 20.3 Å². The Hall–Kier alpha value is -2.90. The molecule has 128 valence electrons. The molecule has 0 aliphatic heterocycles. The van der Waals surface area contributed by atoms with E-state index in [1.807, 2.05) is 37.3 Å². The molecule has 0 saturated carbocycles. The van der Waals surface area contributed by atoms with Crippen LogP contribution in [0.2, 0.25) is 0 Å². The summed E-state index contributed by atoms with van der Waals surface area (Å²) in [6.07, 6.45) is -0.450. The van der Waals surface area contributed by atoms with Crippen LogP contribution in [0.15, 0.2) is 30.3 Å². The Morgan fingerprint density at radius 1 is 1.29 bits per heavy atom. The lowest BCUT2D eigenvalue weighted by atomic mass is 10.1. The third-order valence-electron chi connectivity index (χ3n) is 3.58. The van der Waals surface area contributed by atoms with Crippen molar-refractivity contribution in [2.24, 2.45) is 0 Å². The third-order valence-corrected chi connectivity index (χ3v) is 3.58. The molecule has 8 heteroatoms. The molecular weight excluding hydrogens is 312 g/mol. The second kappa shape index (κ2) is 8.09. The molecule has 1 aromatic heterocycles. The van der Waals surface area contributed by atoms with E-state index in [2.05, 4.69) is 15.4 Å². The van der Waals surface area contributed by atoms with Crippen molar-refractivity contribution in [1.29, 1.82) is 0 Å². The summed E-state index contributed by atoms with van der Waals surface area (Å²) < 4.78 is 5.30. The fraction of sp³-hybridized carbons (Fsp3) is 0.375. The number of rotatable bonds is 7. The molecule has 2 N–H and O–H groups in total. The van der Waals surface area contributed by atoms with Gasteiger partial charge < -0.3 is 14.7 Å². The first kappa shape index (κ1) is 17.5. The predicted molar refractivity (Wildman–Crippen MR) is 85.6 cm³/mol. The lowest BCUT2D eigenvalue weighted by molar-refractivity contribution is 0.0688. The number of hydrogen-bond acceptors (Lipinski definition) is 5. The first-order valence-corrected chi connectivity index (χ1v) is 7.62. The molecule has 8 nitrogen and oxygen atoms in total. The van der Waals surface area contributed by atoms with E-state index in [1.165, 1.54) is 4.90 Å². The molecule has 1 heterocycles. The molecule has 0 aliphatic rings. The zero-order chi connectivity index (χ0) is 17.5. The van der Waals surface area contributed by atoms with Crippen LogP contribution in [0.1, 0.15) is 41.5 Å². The first-order valence-electron chi connectivity index (χ1n) is 7.62. The molecule has 2 aromatic rings. The number of carboxylic acids is 1. The Morgan fingerprint density at radius 3 is 2.62 bits per heavy atom. The van der Waals surface area contributed by atoms with Crippen molar-refractivity contribution in [3.63, 3.8) is 0 Å². The van der Waals surface area contributed by atoms with Gasteiger partial charge in [-0.25, -0.2) is 9.59 Å². The van der Waals surface area contributed by atoms with Crippen LogP contribution in [0.3, 0.4) is 0 Å². The highest BCUT2D eigenvalue weighted by Crippen LogP contribution is 2.17. The zero-order valence-electron chi connectivity index (χ0n) is 13.6. The van der Waals surface area contributed by atoms with Gasteiger partial charge in [0.2, 0.25) is 0 Å². The molecule has 24 heavy (non-hydrogen) atoms. The van der Waals surface area contributed by atoms with Gasteiger partial charge in [-0.3, -0.25) is 0 Å². The number of aromatic carboxylic acids is 1. The van der Waals surface area contributed by atoms with E-state index < -0.39 is 12.1 Å². The number of carbonyl (C=O) groups excluding carboxylic acids is 1. The van der Waals surface area contributed by atoms with Gasteiger partial charge in [-0.05, 0) is 12.5 Å². The average molecular weight is 332 g/mol. The summed E-state index contributed by atoms with van der Waals surface area (Å²) >= 11 is 0. The maximum Gasteiger partial charge on any atom is 0.410 e. The minimum absolute atomic E-state index is 0.129. The number of aromatic amines is 1. The Labute approximate surface area is 139 Å². The lowest BCUT2D eigenvalue weighted by Crippen LogP contribution is -2.34. The van der Waals surface area contributed by atoms with E-state index in [4.69, 9.17) is 9.84 Å². The maximum atomic E-state index is 12.2. The molecule has 1 aromatic carbocycles. The van der Waals surface area contributed by atoms with Crippen molar-refractivity contribution in [3.8, 4) is 0 Å². The van der Waals surface area contributed by atoms with Crippen molar-refractivity contribution in [2.75, 3.05) is 13.1 Å². The summed E-state index contributed by atoms with van der Waals surface area (Å²) in [5.41, 5.74) is 1.09. The van der Waals surface area contributed by atoms with Gasteiger partial charge in [0, 0.05) is 19.0 Å². The SMILES string of the molecule is CCN(CC(C)c1n[nH]nc1C(=O)O)C(=O)OCc1ccccc1. The monoisotopic (exact) mass is 332 g/mol. The normalized spacial score (nSPS) is 11.8. The quantitative estimate of drug-likeness (QED) is 0.805. The summed E-state index contributed by atoms with van der Waals surface area (Å²) in [4.78, 5) is 24.8. The molecule has 0 fully saturated rings. The van der Waals surface area contributed by atoms with Crippen molar-refractivity contribution >= 4 is 12.1 Å². The van der Waals surface area contributed by atoms with Crippen molar-refractivity contribution in [3.05, 3.63) is 47.3 Å². The number of nitrogens with one attached hydrogen (secondary N) is 1. The van der Waals surface area contributed by atoms with Crippen LogP contribution in [-0.4, -0.2) is 50.6 Å². The number of hydrogen-bond donors (Lipinski definition) is 2. The van der Waals surface area contributed by atoms with Crippen molar-refractivity contribution < 1.29 is 19.4 Å². The maximum absolute atomic E-state index is 12.2. The highest BCUT2D eigenvalue weighted by atomic mass is 16.6. The number of aromatic nitrogens is 3. The number of H-pyrrole nitrogens is 1. The standard InChI is InChI=1S/C16H20N4O4/c1-3-20(16(23)24-10-12-7-5-4-6-8-12)9-11(2)13-14(15(21)22)18-19-17-13/h4-8,11H,3,9-10H2,1-2H3,(H,21,22)(H,17,18,19). The third kappa shape index (κ3) is 4.31. The van der Waals surface area contributed by atoms with Crippen LogP contribution in [0.25, 0.3) is 0 Å². The largest absolute Gasteiger partial charge is 0.476 e. The van der Waals surface area contributed by atoms with Gasteiger partial charge in [0.25, 0.3) is 0 Å². The van der Waals surface area contributed by atoms with E-state index >= 15 is 0 Å². The van der Waals surface area contributed by atoms with E-state index in [9.17, 15) is 9.59 Å². The van der Waals surface area contributed by atoms with Crippen LogP contribution < -0.4 is 0 Å². The second-order valence-corrected chi connectivity index (χ2v) is 5.34. The lowest BCUT2D eigenvalue weighted by Gasteiger charge is -2.23. The number of benzene rings is 1. The fourth-order valence-electron chi connectivity index (χ4n) is 2.30. The predicted octanol–water partition coefficient (Wildman–Crippen LogP) is 2.27. The van der Waals surface area contributed by atoms with E-state index in [-0.39, 0.29) is 24.8 Å². The second-order valence-electron chi connectivity index (χ2n) is 5.34. The van der Waals surface area contributed by atoms with Crippen molar-refractivity contribution in [2.45, 2.75) is 26.4 Å². The number of ether oxygens (including phenoxy) is 1. The highest BCUT2D eigenvalue weighted by molar-refractivity contribution is 5.86. The summed E-state index contributed by atoms with van der Waals surface area (Å²) in [7, 11) is 0. The Bertz CT molecular complexity index is 686. The first-order chi connectivity index (χ1) is 11.5. The molecule has 0 saturated heterocycles. The van der Waals surface area contributed by atoms with Gasteiger partial charge in [0.05, 0.1) is 0 Å². The number of likely N-dealkylation sites (N-methyl/N-ethyl adjacent to an activating group) is 1. The minimum Gasteiger partial charge on any atom is -0.476 e. The van der Waals surface area contributed by atoms with E-state index in [1.54, 1.807) is 6.92 Å². The van der Waals surface area contributed by atoms with Gasteiger partial charge in [-0.15, -0.1) is 5.10 Å². The molecule has 0 spiro atoms. The van der Waals surface area contributed by atoms with E-state index in [0.29, 0.717) is 12.2 Å². The van der Waals surface area contributed by atoms with Gasteiger partial charge in [-0.2, -0.15) is 10.3 Å². The Balaban J connectivity index is 1.96. The van der Waals surface area contributed by atoms with Crippen LogP contribution in [0.5, 0.6) is 0 Å². The highest BCUT2D eigenvalue weighted by Gasteiger charge is 2.24. The summed E-state index contributed by atoms with van der Waals surface area (Å²) in [5.74, 6) is -1.45. The van der Waals surface area contributed by atoms with Crippen LogP contribution in [-0.2, 0) is 11.3 Å². The molecule has 2 rings (SSSR count). The van der Waals surface area contributed by atoms with Crippen LogP contribution in [0.4, 0.5) is 4.79 Å². The molecule has 0 aliphatic carbocycles. The summed E-state index contributed by atoms with van der Waals surface area (Å²) in [5, 5.41) is 18.9. The average Bonchev–Trinajstić information content (AvgIpc) is 3.08. The fourth-order valence-corrected chi connectivity index (χ4v) is 2.30. The topological polar surface area (TPSA) is 108 Å². The summed E-state index contributed by atoms with van der Waals surface area (Å²) in [6.45, 7) is 4.54. The Kier molecular flexibility index (Phi) is 5.89.